The number of nitrogens with two attached hydrogens (primary N) is 1. The van der Waals surface area contributed by atoms with Gasteiger partial charge in [0.05, 0.1) is 28.6 Å². The van der Waals surface area contributed by atoms with Gasteiger partial charge in [0.25, 0.3) is 0 Å². The van der Waals surface area contributed by atoms with Crippen LogP contribution in [0, 0.1) is 6.92 Å². The second kappa shape index (κ2) is 4.85. The van der Waals surface area contributed by atoms with Crippen LogP contribution in [0.4, 0.5) is 0 Å². The number of halogens is 1. The van der Waals surface area contributed by atoms with Crippen molar-refractivity contribution in [3.05, 3.63) is 15.9 Å². The Labute approximate surface area is 104 Å². The highest BCUT2D eigenvalue weighted by Gasteiger charge is 2.27. The van der Waals surface area contributed by atoms with Gasteiger partial charge >= 0.3 is 0 Å². The summed E-state index contributed by atoms with van der Waals surface area (Å²) in [4.78, 5) is 0. The van der Waals surface area contributed by atoms with Gasteiger partial charge < -0.3 is 10.5 Å². The minimum absolute atomic E-state index is 0.336. The third-order valence-electron chi connectivity index (χ3n) is 3.04. The van der Waals surface area contributed by atoms with E-state index in [9.17, 15) is 0 Å². The number of aromatic nitrogens is 2. The number of rotatable bonds is 4. The minimum Gasteiger partial charge on any atom is -0.372 e. The van der Waals surface area contributed by atoms with Crippen molar-refractivity contribution in [1.82, 2.24) is 9.78 Å². The van der Waals surface area contributed by atoms with Crippen LogP contribution in [0.1, 0.15) is 31.2 Å². The highest BCUT2D eigenvalue weighted by Crippen LogP contribution is 2.26. The Morgan fingerprint density at radius 2 is 2.25 bits per heavy atom. The van der Waals surface area contributed by atoms with E-state index >= 15 is 0 Å². The summed E-state index contributed by atoms with van der Waals surface area (Å²) >= 11 is 3.56. The zero-order valence-electron chi connectivity index (χ0n) is 9.74. The Bertz CT molecular complexity index is 372. The Morgan fingerprint density at radius 1 is 1.56 bits per heavy atom. The van der Waals surface area contributed by atoms with E-state index < -0.39 is 0 Å². The molecule has 1 aromatic rings. The molecule has 0 aromatic carbocycles. The van der Waals surface area contributed by atoms with Crippen molar-refractivity contribution < 1.29 is 4.74 Å². The fourth-order valence-electron chi connectivity index (χ4n) is 1.95. The molecule has 4 nitrogen and oxygen atoms in total. The van der Waals surface area contributed by atoms with E-state index in [0.717, 1.165) is 35.2 Å². The van der Waals surface area contributed by atoms with Gasteiger partial charge in [0.1, 0.15) is 0 Å². The summed E-state index contributed by atoms with van der Waals surface area (Å²) in [6.07, 6.45) is 2.30. The molecule has 2 rings (SSSR count). The second-order valence-electron chi connectivity index (χ2n) is 4.33. The molecule has 1 aliphatic carbocycles. The average Bonchev–Trinajstić information content (AvgIpc) is 2.49. The van der Waals surface area contributed by atoms with Crippen molar-refractivity contribution in [3.8, 4) is 0 Å². The number of nitrogens with zero attached hydrogens (tertiary/aromatic N) is 2. The van der Waals surface area contributed by atoms with Crippen LogP contribution in [0.25, 0.3) is 0 Å². The Balaban J connectivity index is 1.97. The zero-order valence-corrected chi connectivity index (χ0v) is 11.3. The van der Waals surface area contributed by atoms with Gasteiger partial charge in [-0.2, -0.15) is 5.10 Å². The fourth-order valence-corrected chi connectivity index (χ4v) is 2.34. The molecule has 0 amide bonds. The maximum atomic E-state index is 5.80. The quantitative estimate of drug-likeness (QED) is 0.921. The molecule has 0 unspecified atom stereocenters. The molecule has 0 atom stereocenters. The normalized spacial score (nSPS) is 24.5. The van der Waals surface area contributed by atoms with E-state index in [2.05, 4.69) is 28.0 Å². The van der Waals surface area contributed by atoms with Gasteiger partial charge in [-0.1, -0.05) is 0 Å². The predicted molar refractivity (Wildman–Crippen MR) is 66.1 cm³/mol. The van der Waals surface area contributed by atoms with E-state index in [1.54, 1.807) is 0 Å². The molecule has 0 spiro atoms. The van der Waals surface area contributed by atoms with Crippen LogP contribution in [0.5, 0.6) is 0 Å². The van der Waals surface area contributed by atoms with Crippen LogP contribution in [-0.4, -0.2) is 21.9 Å². The topological polar surface area (TPSA) is 53.1 Å². The molecule has 1 saturated carbocycles. The van der Waals surface area contributed by atoms with Crippen LogP contribution < -0.4 is 5.73 Å². The molecule has 1 aliphatic rings. The molecule has 5 heteroatoms. The Morgan fingerprint density at radius 3 is 2.81 bits per heavy atom. The lowest BCUT2D eigenvalue weighted by molar-refractivity contribution is -0.0217. The van der Waals surface area contributed by atoms with Gasteiger partial charge in [-0.25, -0.2) is 0 Å². The first-order valence-corrected chi connectivity index (χ1v) is 6.50. The molecular weight excluding hydrogens is 270 g/mol. The molecule has 0 bridgehead atoms. The van der Waals surface area contributed by atoms with E-state index in [4.69, 9.17) is 10.5 Å². The number of aryl methyl sites for hydroxylation is 2. The van der Waals surface area contributed by atoms with Gasteiger partial charge in [-0.05, 0) is 42.6 Å². The lowest BCUT2D eigenvalue weighted by atomic mass is 9.90. The summed E-state index contributed by atoms with van der Waals surface area (Å²) < 4.78 is 8.85. The van der Waals surface area contributed by atoms with Crippen LogP contribution in [0.15, 0.2) is 4.47 Å². The molecular formula is C11H18BrN3O. The van der Waals surface area contributed by atoms with Gasteiger partial charge in [0.2, 0.25) is 0 Å². The first-order valence-electron chi connectivity index (χ1n) is 5.70. The van der Waals surface area contributed by atoms with E-state index in [1.165, 1.54) is 0 Å². The number of hydrogen-bond donors (Lipinski definition) is 1. The molecule has 1 fully saturated rings. The van der Waals surface area contributed by atoms with Crippen molar-refractivity contribution in [2.24, 2.45) is 5.73 Å². The molecule has 90 valence electrons. The van der Waals surface area contributed by atoms with Crippen molar-refractivity contribution in [2.45, 2.75) is 52.0 Å². The van der Waals surface area contributed by atoms with Crippen LogP contribution in [0.2, 0.25) is 0 Å². The van der Waals surface area contributed by atoms with Crippen molar-refractivity contribution in [1.29, 1.82) is 0 Å². The third kappa shape index (κ3) is 2.31. The lowest BCUT2D eigenvalue weighted by Crippen LogP contribution is -2.41. The maximum Gasteiger partial charge on any atom is 0.0900 e. The highest BCUT2D eigenvalue weighted by molar-refractivity contribution is 9.10. The Hall–Kier alpha value is -0.390. The molecule has 2 N–H and O–H groups in total. The summed E-state index contributed by atoms with van der Waals surface area (Å²) in [5.41, 5.74) is 7.87. The average molecular weight is 288 g/mol. The van der Waals surface area contributed by atoms with Gasteiger partial charge in [-0.3, -0.25) is 4.68 Å². The summed E-state index contributed by atoms with van der Waals surface area (Å²) in [6, 6.07) is 0.339. The van der Waals surface area contributed by atoms with Gasteiger partial charge in [-0.15, -0.1) is 0 Å². The monoisotopic (exact) mass is 287 g/mol. The maximum absolute atomic E-state index is 5.80. The molecule has 1 heterocycles. The highest BCUT2D eigenvalue weighted by atomic mass is 79.9. The third-order valence-corrected chi connectivity index (χ3v) is 4.07. The summed E-state index contributed by atoms with van der Waals surface area (Å²) in [7, 11) is 0. The first kappa shape index (κ1) is 12.1. The van der Waals surface area contributed by atoms with Crippen LogP contribution >= 0.6 is 15.9 Å². The van der Waals surface area contributed by atoms with Crippen molar-refractivity contribution in [2.75, 3.05) is 0 Å². The minimum atomic E-state index is 0.336. The summed E-state index contributed by atoms with van der Waals surface area (Å²) in [6.45, 7) is 5.57. The summed E-state index contributed by atoms with van der Waals surface area (Å²) in [5, 5.41) is 4.43. The van der Waals surface area contributed by atoms with Crippen LogP contribution in [-0.2, 0) is 17.9 Å². The second-order valence-corrected chi connectivity index (χ2v) is 5.12. The lowest BCUT2D eigenvalue weighted by Gasteiger charge is -2.32. The molecule has 1 aromatic heterocycles. The molecule has 0 radical (unpaired) electrons. The first-order chi connectivity index (χ1) is 7.61. The number of hydrogen-bond acceptors (Lipinski definition) is 3. The van der Waals surface area contributed by atoms with E-state index in [-0.39, 0.29) is 0 Å². The van der Waals surface area contributed by atoms with Gasteiger partial charge in [0.15, 0.2) is 0 Å². The van der Waals surface area contributed by atoms with Gasteiger partial charge in [0, 0.05) is 12.6 Å². The number of ether oxygens (including phenoxy) is 1. The fraction of sp³-hybridized carbons (Fsp3) is 0.727. The van der Waals surface area contributed by atoms with Crippen molar-refractivity contribution >= 4 is 15.9 Å². The Kier molecular flexibility index (Phi) is 3.66. The summed E-state index contributed by atoms with van der Waals surface area (Å²) in [5.74, 6) is 0. The van der Waals surface area contributed by atoms with E-state index in [0.29, 0.717) is 18.8 Å². The predicted octanol–water partition coefficient (Wildman–Crippen LogP) is 1.98. The standard InChI is InChI=1S/C11H18BrN3O/c1-3-15-10(11(12)7(2)14-15)6-16-9-4-8(13)5-9/h8-9H,3-6,13H2,1-2H3. The SMILES string of the molecule is CCn1nc(C)c(Br)c1COC1CC(N)C1. The van der Waals surface area contributed by atoms with Crippen LogP contribution in [0.3, 0.4) is 0 Å². The van der Waals surface area contributed by atoms with E-state index in [1.807, 2.05) is 11.6 Å². The zero-order chi connectivity index (χ0) is 11.7. The smallest absolute Gasteiger partial charge is 0.0900 e. The molecule has 0 aliphatic heterocycles. The van der Waals surface area contributed by atoms with Crippen molar-refractivity contribution in [3.63, 3.8) is 0 Å². The largest absolute Gasteiger partial charge is 0.372 e. The molecule has 16 heavy (non-hydrogen) atoms. The molecule has 0 saturated heterocycles.